The van der Waals surface area contributed by atoms with Gasteiger partial charge in [0.1, 0.15) is 12.4 Å². The Morgan fingerprint density at radius 1 is 1.19 bits per heavy atom. The summed E-state index contributed by atoms with van der Waals surface area (Å²) in [5.74, 6) is 1.77. The molecule has 7 nitrogen and oxygen atoms in total. The molecule has 2 aromatic heterocycles. The zero-order valence-electron chi connectivity index (χ0n) is 15.3. The second-order valence-corrected chi connectivity index (χ2v) is 6.75. The number of halogens is 2. The van der Waals surface area contributed by atoms with Gasteiger partial charge in [-0.3, -0.25) is 0 Å². The van der Waals surface area contributed by atoms with E-state index in [4.69, 9.17) is 14.7 Å². The first-order chi connectivity index (χ1) is 11.7. The van der Waals surface area contributed by atoms with Gasteiger partial charge < -0.3 is 15.0 Å². The molecule has 0 radical (unpaired) electrons. The Bertz CT molecular complexity index is 699. The van der Waals surface area contributed by atoms with E-state index < -0.39 is 0 Å². The smallest absolute Gasteiger partial charge is 0.156 e. The van der Waals surface area contributed by atoms with Crippen molar-refractivity contribution in [3.05, 3.63) is 27.7 Å². The van der Waals surface area contributed by atoms with Crippen molar-refractivity contribution < 1.29 is 4.74 Å². The van der Waals surface area contributed by atoms with Crippen LogP contribution in [0.25, 0.3) is 0 Å². The lowest BCUT2D eigenvalue weighted by molar-refractivity contribution is 0.128. The van der Waals surface area contributed by atoms with Gasteiger partial charge in [-0.2, -0.15) is 0 Å². The first kappa shape index (κ1) is 23.0. The molecule has 0 unspecified atom stereocenters. The molecule has 1 aliphatic heterocycles. The van der Waals surface area contributed by atoms with Gasteiger partial charge in [0, 0.05) is 32.2 Å². The SMILES string of the molecule is CCOCc1nc2c(c(N(C)Cc3snnc3C)n1)CCNCC2.Cl.Cl. The summed E-state index contributed by atoms with van der Waals surface area (Å²) in [6, 6.07) is 0. The lowest BCUT2D eigenvalue weighted by Gasteiger charge is -2.22. The van der Waals surface area contributed by atoms with Gasteiger partial charge in [0.25, 0.3) is 0 Å². The van der Waals surface area contributed by atoms with Crippen LogP contribution in [0, 0.1) is 6.92 Å². The Morgan fingerprint density at radius 3 is 2.65 bits per heavy atom. The lowest BCUT2D eigenvalue weighted by Crippen LogP contribution is -2.22. The maximum Gasteiger partial charge on any atom is 0.156 e. The average Bonchev–Trinajstić information content (AvgIpc) is 2.84. The number of rotatable bonds is 6. The maximum atomic E-state index is 5.52. The topological polar surface area (TPSA) is 76.1 Å². The molecule has 3 rings (SSSR count). The number of anilines is 1. The molecule has 0 aromatic carbocycles. The van der Waals surface area contributed by atoms with Gasteiger partial charge in [-0.25, -0.2) is 9.97 Å². The average molecular weight is 421 g/mol. The van der Waals surface area contributed by atoms with Crippen molar-refractivity contribution in [3.63, 3.8) is 0 Å². The van der Waals surface area contributed by atoms with Crippen molar-refractivity contribution in [1.82, 2.24) is 24.9 Å². The molecule has 0 saturated heterocycles. The van der Waals surface area contributed by atoms with Crippen molar-refractivity contribution in [3.8, 4) is 0 Å². The van der Waals surface area contributed by atoms with Crippen LogP contribution in [0.4, 0.5) is 5.82 Å². The van der Waals surface area contributed by atoms with Gasteiger partial charge >= 0.3 is 0 Å². The van der Waals surface area contributed by atoms with E-state index in [1.165, 1.54) is 22.0 Å². The van der Waals surface area contributed by atoms with Gasteiger partial charge in [0.15, 0.2) is 5.82 Å². The van der Waals surface area contributed by atoms with E-state index in [1.54, 1.807) is 0 Å². The van der Waals surface area contributed by atoms with Crippen LogP contribution in [0.5, 0.6) is 0 Å². The molecule has 0 bridgehead atoms. The molecule has 0 spiro atoms. The Hall–Kier alpha value is -1.06. The number of nitrogens with one attached hydrogen (secondary N) is 1. The van der Waals surface area contributed by atoms with Crippen molar-refractivity contribution in [2.45, 2.75) is 39.8 Å². The molecule has 0 atom stereocenters. The summed E-state index contributed by atoms with van der Waals surface area (Å²) in [7, 11) is 2.07. The van der Waals surface area contributed by atoms with E-state index >= 15 is 0 Å². The zero-order valence-corrected chi connectivity index (χ0v) is 17.8. The highest BCUT2D eigenvalue weighted by atomic mass is 35.5. The summed E-state index contributed by atoms with van der Waals surface area (Å²) < 4.78 is 9.56. The normalized spacial score (nSPS) is 13.2. The van der Waals surface area contributed by atoms with Crippen molar-refractivity contribution in [2.24, 2.45) is 0 Å². The van der Waals surface area contributed by atoms with Gasteiger partial charge in [-0.1, -0.05) is 4.49 Å². The quantitative estimate of drug-likeness (QED) is 0.767. The summed E-state index contributed by atoms with van der Waals surface area (Å²) in [5, 5.41) is 7.55. The minimum Gasteiger partial charge on any atom is -0.374 e. The fourth-order valence-electron chi connectivity index (χ4n) is 2.84. The molecule has 1 aliphatic rings. The summed E-state index contributed by atoms with van der Waals surface area (Å²) in [4.78, 5) is 12.9. The lowest BCUT2D eigenvalue weighted by atomic mass is 10.1. The van der Waals surface area contributed by atoms with Gasteiger partial charge in [0.05, 0.1) is 22.8 Å². The van der Waals surface area contributed by atoms with Gasteiger partial charge in [-0.15, -0.1) is 29.9 Å². The van der Waals surface area contributed by atoms with E-state index in [-0.39, 0.29) is 24.8 Å². The van der Waals surface area contributed by atoms with Crippen molar-refractivity contribution >= 4 is 42.2 Å². The third kappa shape index (κ3) is 5.47. The van der Waals surface area contributed by atoms with E-state index in [0.717, 1.165) is 55.5 Å². The second-order valence-electron chi connectivity index (χ2n) is 5.91. The number of nitrogens with zero attached hydrogens (tertiary/aromatic N) is 5. The Labute approximate surface area is 170 Å². The minimum absolute atomic E-state index is 0. The van der Waals surface area contributed by atoms with Crippen molar-refractivity contribution in [2.75, 3.05) is 31.6 Å². The molecule has 146 valence electrons. The second kappa shape index (κ2) is 10.9. The standard InChI is InChI=1S/C16H24N6OS.2ClH/c1-4-23-10-15-18-13-6-8-17-7-5-12(13)16(19-15)22(3)9-14-11(2)20-21-24-14;;/h17H,4-10H2,1-3H3;2*1H. The zero-order chi connectivity index (χ0) is 16.9. The first-order valence-electron chi connectivity index (χ1n) is 8.35. The molecule has 0 saturated carbocycles. The third-order valence-electron chi connectivity index (χ3n) is 4.13. The number of aryl methyl sites for hydroxylation is 1. The molecule has 0 aliphatic carbocycles. The highest BCUT2D eigenvalue weighted by molar-refractivity contribution is 7.05. The van der Waals surface area contributed by atoms with Crippen LogP contribution >= 0.6 is 36.3 Å². The van der Waals surface area contributed by atoms with E-state index in [2.05, 4.69) is 26.9 Å². The maximum absolute atomic E-state index is 5.52. The molecule has 0 amide bonds. The largest absolute Gasteiger partial charge is 0.374 e. The van der Waals surface area contributed by atoms with Crippen LogP contribution in [-0.2, 0) is 30.7 Å². The predicted molar refractivity (Wildman–Crippen MR) is 109 cm³/mol. The minimum atomic E-state index is 0. The monoisotopic (exact) mass is 420 g/mol. The Kier molecular flexibility index (Phi) is 9.67. The highest BCUT2D eigenvalue weighted by Gasteiger charge is 2.20. The molecule has 26 heavy (non-hydrogen) atoms. The Morgan fingerprint density at radius 2 is 1.96 bits per heavy atom. The number of aromatic nitrogens is 4. The van der Waals surface area contributed by atoms with E-state index in [0.29, 0.717) is 13.2 Å². The third-order valence-corrected chi connectivity index (χ3v) is 4.94. The summed E-state index contributed by atoms with van der Waals surface area (Å²) in [6.45, 7) is 7.78. The van der Waals surface area contributed by atoms with Crippen LogP contribution in [0.3, 0.4) is 0 Å². The Balaban J connectivity index is 0.00000169. The van der Waals surface area contributed by atoms with Crippen LogP contribution in [0.15, 0.2) is 0 Å². The molecule has 1 N–H and O–H groups in total. The number of hydrogen-bond donors (Lipinski definition) is 1. The van der Waals surface area contributed by atoms with Crippen LogP contribution in [0.2, 0.25) is 0 Å². The molecular weight excluding hydrogens is 395 g/mol. The molecule has 0 fully saturated rings. The molecule has 3 heterocycles. The highest BCUT2D eigenvalue weighted by Crippen LogP contribution is 2.25. The van der Waals surface area contributed by atoms with Crippen molar-refractivity contribution in [1.29, 1.82) is 0 Å². The fraction of sp³-hybridized carbons (Fsp3) is 0.625. The van der Waals surface area contributed by atoms with Crippen LogP contribution < -0.4 is 10.2 Å². The number of fused-ring (bicyclic) bond motifs is 1. The molecular formula is C16H26Cl2N6OS. The fourth-order valence-corrected chi connectivity index (χ4v) is 3.52. The van der Waals surface area contributed by atoms with Gasteiger partial charge in [0.2, 0.25) is 0 Å². The van der Waals surface area contributed by atoms with E-state index in [9.17, 15) is 0 Å². The molecule has 10 heteroatoms. The summed E-state index contributed by atoms with van der Waals surface area (Å²) in [6.07, 6.45) is 1.88. The number of hydrogen-bond acceptors (Lipinski definition) is 8. The van der Waals surface area contributed by atoms with Crippen LogP contribution in [-0.4, -0.2) is 46.3 Å². The summed E-state index contributed by atoms with van der Waals surface area (Å²) >= 11 is 1.45. The van der Waals surface area contributed by atoms with Crippen LogP contribution in [0.1, 0.15) is 34.6 Å². The van der Waals surface area contributed by atoms with E-state index in [1.807, 2.05) is 13.8 Å². The first-order valence-corrected chi connectivity index (χ1v) is 9.12. The number of ether oxygens (including phenoxy) is 1. The predicted octanol–water partition coefficient (Wildman–Crippen LogP) is 2.34. The molecule has 2 aromatic rings. The summed E-state index contributed by atoms with van der Waals surface area (Å²) in [5.41, 5.74) is 3.38. The van der Waals surface area contributed by atoms with Gasteiger partial charge in [-0.05, 0) is 38.3 Å².